The second-order valence-electron chi connectivity index (χ2n) is 5.17. The Morgan fingerprint density at radius 2 is 2.43 bits per heavy atom. The monoisotopic (exact) mass is 318 g/mol. The summed E-state index contributed by atoms with van der Waals surface area (Å²) in [6.45, 7) is 1.45. The Balaban J connectivity index is 1.52. The van der Waals surface area contributed by atoms with Crippen molar-refractivity contribution in [2.45, 2.75) is 31.7 Å². The van der Waals surface area contributed by atoms with Gasteiger partial charge in [0.05, 0.1) is 24.9 Å². The van der Waals surface area contributed by atoms with Gasteiger partial charge in [-0.2, -0.15) is 4.80 Å². The van der Waals surface area contributed by atoms with E-state index < -0.39 is 0 Å². The van der Waals surface area contributed by atoms with Crippen molar-refractivity contribution in [3.8, 4) is 0 Å². The van der Waals surface area contributed by atoms with Gasteiger partial charge in [-0.1, -0.05) is 6.07 Å². The number of rotatable bonds is 6. The first-order valence-electron chi connectivity index (χ1n) is 7.40. The number of hydrogen-bond donors (Lipinski definition) is 1. The molecule has 3 heterocycles. The number of nitrogens with one attached hydrogen (secondary N) is 1. The maximum Gasteiger partial charge on any atom is 0.243 e. The topological polar surface area (TPSA) is 104 Å². The molecule has 1 fully saturated rings. The molecule has 122 valence electrons. The average molecular weight is 318 g/mol. The number of nitrogens with zero attached hydrogens (tertiary/aromatic N) is 5. The summed E-state index contributed by atoms with van der Waals surface area (Å²) >= 11 is 0. The summed E-state index contributed by atoms with van der Waals surface area (Å²) in [5.74, 6) is -0.179. The van der Waals surface area contributed by atoms with Gasteiger partial charge in [0.1, 0.15) is 12.6 Å². The van der Waals surface area contributed by atoms with Crippen LogP contribution < -0.4 is 5.32 Å². The molecule has 0 aliphatic carbocycles. The van der Waals surface area contributed by atoms with Crippen LogP contribution in [0.3, 0.4) is 0 Å². The maximum atomic E-state index is 12.0. The van der Waals surface area contributed by atoms with E-state index >= 15 is 0 Å². The van der Waals surface area contributed by atoms with Crippen molar-refractivity contribution in [2.75, 3.05) is 13.2 Å². The Kier molecular flexibility index (Phi) is 5.22. The van der Waals surface area contributed by atoms with E-state index in [1.165, 1.54) is 11.1 Å². The quantitative estimate of drug-likeness (QED) is 0.770. The molecule has 2 aromatic rings. The first-order chi connectivity index (χ1) is 11.3. The molecule has 2 aromatic heterocycles. The second-order valence-corrected chi connectivity index (χ2v) is 5.17. The van der Waals surface area contributed by atoms with Crippen molar-refractivity contribution in [2.24, 2.45) is 0 Å². The molecule has 1 aliphatic rings. The molecule has 3 rings (SSSR count). The molecule has 0 spiro atoms. The van der Waals surface area contributed by atoms with Crippen LogP contribution >= 0.6 is 0 Å². The van der Waals surface area contributed by atoms with Gasteiger partial charge in [0.25, 0.3) is 0 Å². The van der Waals surface area contributed by atoms with E-state index in [1.807, 2.05) is 18.2 Å². The first-order valence-corrected chi connectivity index (χ1v) is 7.40. The minimum absolute atomic E-state index is 0.0321. The highest BCUT2D eigenvalue weighted by atomic mass is 16.5. The third kappa shape index (κ3) is 4.54. The van der Waals surface area contributed by atoms with Crippen molar-refractivity contribution < 1.29 is 14.3 Å². The van der Waals surface area contributed by atoms with Crippen molar-refractivity contribution in [1.29, 1.82) is 0 Å². The largest absolute Gasteiger partial charge is 0.379 e. The van der Waals surface area contributed by atoms with Crippen LogP contribution in [0, 0.1) is 0 Å². The third-order valence-corrected chi connectivity index (χ3v) is 3.50. The number of hydrogen-bond acceptors (Lipinski definition) is 7. The third-order valence-electron chi connectivity index (χ3n) is 3.50. The van der Waals surface area contributed by atoms with E-state index in [-0.39, 0.29) is 24.6 Å². The van der Waals surface area contributed by atoms with Gasteiger partial charge in [-0.25, -0.2) is 0 Å². The number of carbonyl (C=O) groups is 1. The van der Waals surface area contributed by atoms with Crippen LogP contribution in [0.4, 0.5) is 0 Å². The van der Waals surface area contributed by atoms with Gasteiger partial charge in [0, 0.05) is 12.8 Å². The molecule has 1 aliphatic heterocycles. The molecule has 0 radical (unpaired) electrons. The van der Waals surface area contributed by atoms with Gasteiger partial charge in [0.15, 0.2) is 6.33 Å². The zero-order valence-electron chi connectivity index (χ0n) is 12.5. The van der Waals surface area contributed by atoms with E-state index in [1.54, 1.807) is 6.20 Å². The summed E-state index contributed by atoms with van der Waals surface area (Å²) in [7, 11) is 0. The molecule has 0 saturated carbocycles. The minimum atomic E-state index is -0.210. The van der Waals surface area contributed by atoms with Gasteiger partial charge in [-0.3, -0.25) is 9.78 Å². The molecule has 9 nitrogen and oxygen atoms in total. The van der Waals surface area contributed by atoms with E-state index in [0.717, 1.165) is 5.69 Å². The van der Waals surface area contributed by atoms with Crippen molar-refractivity contribution >= 4 is 5.91 Å². The first kappa shape index (κ1) is 15.5. The molecule has 23 heavy (non-hydrogen) atoms. The number of pyridine rings is 1. The SMILES string of the molecule is O=C(Cn1ncnn1)N[C@@H]1CCOC[C@H]1OCc1ccccn1. The molecule has 1 amide bonds. The van der Waals surface area contributed by atoms with Gasteiger partial charge < -0.3 is 14.8 Å². The zero-order chi connectivity index (χ0) is 15.9. The van der Waals surface area contributed by atoms with Crippen LogP contribution in [0.15, 0.2) is 30.7 Å². The number of carbonyl (C=O) groups excluding carboxylic acids is 1. The lowest BCUT2D eigenvalue weighted by molar-refractivity contribution is -0.127. The lowest BCUT2D eigenvalue weighted by atomic mass is 10.1. The van der Waals surface area contributed by atoms with Gasteiger partial charge in [-0.15, -0.1) is 10.2 Å². The lowest BCUT2D eigenvalue weighted by Gasteiger charge is -2.32. The summed E-state index contributed by atoms with van der Waals surface area (Å²) in [5, 5.41) is 14.0. The number of aromatic nitrogens is 5. The van der Waals surface area contributed by atoms with Crippen LogP contribution in [0.1, 0.15) is 12.1 Å². The Labute approximate surface area is 133 Å². The summed E-state index contributed by atoms with van der Waals surface area (Å²) in [5.41, 5.74) is 0.843. The summed E-state index contributed by atoms with van der Waals surface area (Å²) in [4.78, 5) is 17.5. The molecular weight excluding hydrogens is 300 g/mol. The lowest BCUT2D eigenvalue weighted by Crippen LogP contribution is -2.50. The van der Waals surface area contributed by atoms with Crippen LogP contribution in [-0.4, -0.2) is 56.5 Å². The second kappa shape index (κ2) is 7.75. The summed E-state index contributed by atoms with van der Waals surface area (Å²) < 4.78 is 11.3. The smallest absolute Gasteiger partial charge is 0.243 e. The summed E-state index contributed by atoms with van der Waals surface area (Å²) in [6.07, 6.45) is 3.50. The van der Waals surface area contributed by atoms with Crippen LogP contribution in [0.25, 0.3) is 0 Å². The van der Waals surface area contributed by atoms with Gasteiger partial charge >= 0.3 is 0 Å². The molecule has 2 atom stereocenters. The predicted octanol–water partition coefficient (Wildman–Crippen LogP) is -0.441. The molecule has 1 N–H and O–H groups in total. The standard InChI is InChI=1S/C14H18N6O3/c21-14(7-20-17-10-16-19-20)18-12-4-6-22-9-13(12)23-8-11-3-1-2-5-15-11/h1-3,5,10,12-13H,4,6-9H2,(H,18,21)/t12-,13-/m1/s1. The number of ether oxygens (including phenoxy) is 2. The highest BCUT2D eigenvalue weighted by molar-refractivity contribution is 5.75. The fourth-order valence-corrected chi connectivity index (χ4v) is 2.36. The highest BCUT2D eigenvalue weighted by Crippen LogP contribution is 2.13. The van der Waals surface area contributed by atoms with Crippen LogP contribution in [-0.2, 0) is 27.4 Å². The van der Waals surface area contributed by atoms with Crippen molar-refractivity contribution in [3.63, 3.8) is 0 Å². The van der Waals surface area contributed by atoms with E-state index in [2.05, 4.69) is 25.7 Å². The van der Waals surface area contributed by atoms with Crippen LogP contribution in [0.2, 0.25) is 0 Å². The van der Waals surface area contributed by atoms with E-state index in [4.69, 9.17) is 9.47 Å². The zero-order valence-corrected chi connectivity index (χ0v) is 12.5. The molecule has 1 saturated heterocycles. The summed E-state index contributed by atoms with van der Waals surface area (Å²) in [6, 6.07) is 5.55. The number of amides is 1. The molecule has 0 unspecified atom stereocenters. The average Bonchev–Trinajstić information content (AvgIpc) is 3.08. The highest BCUT2D eigenvalue weighted by Gasteiger charge is 2.28. The van der Waals surface area contributed by atoms with Crippen molar-refractivity contribution in [1.82, 2.24) is 30.5 Å². The fraction of sp³-hybridized carbons (Fsp3) is 0.500. The molecule has 9 heteroatoms. The molecular formula is C14H18N6O3. The maximum absolute atomic E-state index is 12.0. The normalized spacial score (nSPS) is 21.0. The van der Waals surface area contributed by atoms with Gasteiger partial charge in [-0.05, 0) is 23.8 Å². The Morgan fingerprint density at radius 1 is 1.48 bits per heavy atom. The number of tetrazole rings is 1. The Morgan fingerprint density at radius 3 is 3.22 bits per heavy atom. The van der Waals surface area contributed by atoms with Crippen molar-refractivity contribution in [3.05, 3.63) is 36.4 Å². The Bertz CT molecular complexity index is 606. The predicted molar refractivity (Wildman–Crippen MR) is 78.0 cm³/mol. The van der Waals surface area contributed by atoms with E-state index in [0.29, 0.717) is 26.2 Å². The fourth-order valence-electron chi connectivity index (χ4n) is 2.36. The van der Waals surface area contributed by atoms with Crippen LogP contribution in [0.5, 0.6) is 0 Å². The molecule has 0 bridgehead atoms. The van der Waals surface area contributed by atoms with Gasteiger partial charge in [0.2, 0.25) is 5.91 Å². The minimum Gasteiger partial charge on any atom is -0.379 e. The van der Waals surface area contributed by atoms with E-state index in [9.17, 15) is 4.79 Å². The Hall–Kier alpha value is -2.39. The molecule has 0 aromatic carbocycles.